The van der Waals surface area contributed by atoms with E-state index in [9.17, 15) is 24.3 Å². The minimum Gasteiger partial charge on any atom is -0.482 e. The second kappa shape index (κ2) is 8.64. The summed E-state index contributed by atoms with van der Waals surface area (Å²) in [6.45, 7) is -0.488. The summed E-state index contributed by atoms with van der Waals surface area (Å²) in [5.74, 6) is -4.30. The first-order chi connectivity index (χ1) is 12.7. The van der Waals surface area contributed by atoms with Crippen LogP contribution < -0.4 is 4.74 Å². The zero-order valence-corrected chi connectivity index (χ0v) is 15.2. The highest BCUT2D eigenvalue weighted by molar-refractivity contribution is 8.26. The summed E-state index contributed by atoms with van der Waals surface area (Å²) in [7, 11) is 0. The molecule has 0 bridgehead atoms. The maximum atomic E-state index is 12.5. The molecule has 1 saturated heterocycles. The van der Waals surface area contributed by atoms with Crippen molar-refractivity contribution in [1.29, 1.82) is 0 Å². The zero-order valence-electron chi connectivity index (χ0n) is 13.5. The zero-order chi connectivity index (χ0) is 20.1. The molecule has 0 aromatic heterocycles. The van der Waals surface area contributed by atoms with E-state index in [2.05, 4.69) is 0 Å². The molecule has 9 nitrogen and oxygen atoms in total. The van der Waals surface area contributed by atoms with Gasteiger partial charge in [0.1, 0.15) is 16.1 Å². The molecule has 2 rings (SSSR count). The van der Waals surface area contributed by atoms with Gasteiger partial charge in [0.2, 0.25) is 0 Å². The highest BCUT2D eigenvalue weighted by Gasteiger charge is 2.41. The highest BCUT2D eigenvalue weighted by atomic mass is 32.2. The van der Waals surface area contributed by atoms with Gasteiger partial charge < -0.3 is 20.1 Å². The number of amides is 1. The summed E-state index contributed by atoms with van der Waals surface area (Å²) < 4.78 is 4.96. The number of hydrogen-bond acceptors (Lipinski definition) is 7. The van der Waals surface area contributed by atoms with Gasteiger partial charge in [-0.3, -0.25) is 14.5 Å². The number of carboxylic acid groups (broad SMARTS) is 3. The molecule has 0 spiro atoms. The lowest BCUT2D eigenvalue weighted by Crippen LogP contribution is -2.45. The molecule has 1 aromatic carbocycles. The maximum absolute atomic E-state index is 12.5. The smallest absolute Gasteiger partial charge is 0.341 e. The van der Waals surface area contributed by atoms with Crippen LogP contribution in [0.2, 0.25) is 0 Å². The van der Waals surface area contributed by atoms with Crippen molar-refractivity contribution < 1.29 is 39.2 Å². The second-order valence-electron chi connectivity index (χ2n) is 5.26. The van der Waals surface area contributed by atoms with Gasteiger partial charge in [0.25, 0.3) is 5.91 Å². The molecule has 1 atom stereocenters. The number of thiocarbonyl (C=S) groups is 1. The molecule has 0 aliphatic carbocycles. The summed E-state index contributed by atoms with van der Waals surface area (Å²) in [4.78, 5) is 46.1. The lowest BCUT2D eigenvalue weighted by molar-refractivity contribution is -0.150. The number of carboxylic acids is 3. The average molecular weight is 411 g/mol. The number of thioether (sulfide) groups is 1. The SMILES string of the molecule is O=C(O)COc1ccc(C=C2SC(=S)N(C(CC(=O)O)C(=O)O)C2=O)cc1. The van der Waals surface area contributed by atoms with Gasteiger partial charge in [-0.1, -0.05) is 36.1 Å². The largest absolute Gasteiger partial charge is 0.482 e. The molecule has 3 N–H and O–H groups in total. The average Bonchev–Trinajstić information content (AvgIpc) is 2.85. The molecule has 1 heterocycles. The summed E-state index contributed by atoms with van der Waals surface area (Å²) in [5, 5.41) is 26.6. The van der Waals surface area contributed by atoms with Gasteiger partial charge in [-0.2, -0.15) is 0 Å². The van der Waals surface area contributed by atoms with Crippen molar-refractivity contribution >= 4 is 58.2 Å². The van der Waals surface area contributed by atoms with E-state index >= 15 is 0 Å². The Hall–Kier alpha value is -2.92. The second-order valence-corrected chi connectivity index (χ2v) is 6.93. The minimum atomic E-state index is -1.59. The van der Waals surface area contributed by atoms with Crippen LogP contribution in [0, 0.1) is 0 Å². The fraction of sp³-hybridized carbons (Fsp3) is 0.188. The number of hydrogen-bond donors (Lipinski definition) is 3. The van der Waals surface area contributed by atoms with Crippen LogP contribution in [0.5, 0.6) is 5.75 Å². The number of carbonyl (C=O) groups is 4. The van der Waals surface area contributed by atoms with Crippen molar-refractivity contribution in [3.63, 3.8) is 0 Å². The van der Waals surface area contributed by atoms with E-state index < -0.39 is 42.9 Å². The molecule has 142 valence electrons. The highest BCUT2D eigenvalue weighted by Crippen LogP contribution is 2.34. The number of aliphatic carboxylic acids is 3. The molecule has 1 aliphatic rings. The van der Waals surface area contributed by atoms with E-state index in [-0.39, 0.29) is 9.23 Å². The topological polar surface area (TPSA) is 141 Å². The van der Waals surface area contributed by atoms with Crippen molar-refractivity contribution in [3.05, 3.63) is 34.7 Å². The first-order valence-corrected chi connectivity index (χ1v) is 8.58. The normalized spacial score (nSPS) is 16.4. The molecule has 1 unspecified atom stereocenters. The van der Waals surface area contributed by atoms with Crippen LogP contribution in [0.3, 0.4) is 0 Å². The van der Waals surface area contributed by atoms with Gasteiger partial charge in [-0.15, -0.1) is 0 Å². The van der Waals surface area contributed by atoms with E-state index in [1.165, 1.54) is 18.2 Å². The van der Waals surface area contributed by atoms with E-state index in [4.69, 9.17) is 27.2 Å². The molecule has 11 heteroatoms. The molecule has 1 aromatic rings. The summed E-state index contributed by atoms with van der Waals surface area (Å²) in [5.41, 5.74) is 0.572. The standard InChI is InChI=1S/C16H13NO8S2/c18-12(19)6-10(15(23)24)17-14(22)11(27-16(17)26)5-8-1-3-9(4-2-8)25-7-13(20)21/h1-5,10H,6-7H2,(H,18,19)(H,20,21)(H,23,24). The quantitative estimate of drug-likeness (QED) is 0.423. The third-order valence-corrected chi connectivity index (χ3v) is 4.66. The Morgan fingerprint density at radius 1 is 1.15 bits per heavy atom. The van der Waals surface area contributed by atoms with Gasteiger partial charge in [0.05, 0.1) is 11.3 Å². The Morgan fingerprint density at radius 2 is 1.78 bits per heavy atom. The Kier molecular flexibility index (Phi) is 6.53. The van der Waals surface area contributed by atoms with Gasteiger partial charge in [-0.25, -0.2) is 9.59 Å². The number of ether oxygens (including phenoxy) is 1. The Morgan fingerprint density at radius 3 is 2.30 bits per heavy atom. The van der Waals surface area contributed by atoms with Gasteiger partial charge in [0.15, 0.2) is 6.61 Å². The summed E-state index contributed by atoms with van der Waals surface area (Å²) >= 11 is 5.91. The first kappa shape index (κ1) is 20.4. The van der Waals surface area contributed by atoms with Crippen molar-refractivity contribution in [2.45, 2.75) is 12.5 Å². The van der Waals surface area contributed by atoms with E-state index in [0.29, 0.717) is 11.3 Å². The Bertz CT molecular complexity index is 833. The van der Waals surface area contributed by atoms with Gasteiger partial charge in [-0.05, 0) is 23.8 Å². The third kappa shape index (κ3) is 5.28. The summed E-state index contributed by atoms with van der Waals surface area (Å²) in [6.07, 6.45) is 0.699. The van der Waals surface area contributed by atoms with Gasteiger partial charge in [0, 0.05) is 0 Å². The Balaban J connectivity index is 2.18. The molecular formula is C16H13NO8S2. The lowest BCUT2D eigenvalue weighted by atomic mass is 10.1. The van der Waals surface area contributed by atoms with Crippen molar-refractivity contribution in [1.82, 2.24) is 4.90 Å². The van der Waals surface area contributed by atoms with Crippen LogP contribution in [0.4, 0.5) is 0 Å². The Labute approximate surface area is 162 Å². The number of nitrogens with zero attached hydrogens (tertiary/aromatic N) is 1. The minimum absolute atomic E-state index is 0.0405. The van der Waals surface area contributed by atoms with Crippen LogP contribution in [0.25, 0.3) is 6.08 Å². The van der Waals surface area contributed by atoms with Crippen molar-refractivity contribution in [2.75, 3.05) is 6.61 Å². The van der Waals surface area contributed by atoms with Crippen LogP contribution in [0.1, 0.15) is 12.0 Å². The fourth-order valence-electron chi connectivity index (χ4n) is 2.16. The third-order valence-electron chi connectivity index (χ3n) is 3.33. The predicted octanol–water partition coefficient (Wildman–Crippen LogP) is 1.28. The summed E-state index contributed by atoms with van der Waals surface area (Å²) in [6, 6.07) is 4.60. The lowest BCUT2D eigenvalue weighted by Gasteiger charge is -2.21. The fourth-order valence-corrected chi connectivity index (χ4v) is 3.52. The molecule has 1 fully saturated rings. The van der Waals surface area contributed by atoms with Crippen LogP contribution in [-0.4, -0.2) is 61.0 Å². The van der Waals surface area contributed by atoms with Crippen molar-refractivity contribution in [3.8, 4) is 5.75 Å². The van der Waals surface area contributed by atoms with Crippen LogP contribution >= 0.6 is 24.0 Å². The number of carbonyl (C=O) groups excluding carboxylic acids is 1. The van der Waals surface area contributed by atoms with E-state index in [1.807, 2.05) is 0 Å². The van der Waals surface area contributed by atoms with Crippen LogP contribution in [-0.2, 0) is 19.2 Å². The molecule has 0 radical (unpaired) electrons. The molecule has 27 heavy (non-hydrogen) atoms. The molecule has 1 amide bonds. The first-order valence-electron chi connectivity index (χ1n) is 7.35. The molecule has 0 saturated carbocycles. The van der Waals surface area contributed by atoms with E-state index in [1.54, 1.807) is 12.1 Å². The predicted molar refractivity (Wildman–Crippen MR) is 98.3 cm³/mol. The number of rotatable bonds is 8. The maximum Gasteiger partial charge on any atom is 0.341 e. The van der Waals surface area contributed by atoms with E-state index in [0.717, 1.165) is 16.7 Å². The van der Waals surface area contributed by atoms with Gasteiger partial charge >= 0.3 is 17.9 Å². The monoisotopic (exact) mass is 411 g/mol. The van der Waals surface area contributed by atoms with Crippen LogP contribution in [0.15, 0.2) is 29.2 Å². The van der Waals surface area contributed by atoms with Crippen molar-refractivity contribution in [2.24, 2.45) is 0 Å². The molecular weight excluding hydrogens is 398 g/mol. The number of benzene rings is 1. The molecule has 1 aliphatic heterocycles.